The summed E-state index contributed by atoms with van der Waals surface area (Å²) in [4.78, 5) is 0. The van der Waals surface area contributed by atoms with Gasteiger partial charge in [-0.2, -0.15) is 0 Å². The molecule has 0 aromatic heterocycles. The molecule has 0 saturated heterocycles. The van der Waals surface area contributed by atoms with Crippen LogP contribution in [0.4, 0.5) is 0 Å². The van der Waals surface area contributed by atoms with E-state index >= 15 is 0 Å². The molecule has 1 fully saturated rings. The molecule has 5 heteroatoms. The molecule has 41 heavy (non-hydrogen) atoms. The normalized spacial score (nSPS) is 15.7. The minimum absolute atomic E-state index is 0.326. The molecule has 0 heterocycles. The summed E-state index contributed by atoms with van der Waals surface area (Å²) in [6.07, 6.45) is 9.04. The van der Waals surface area contributed by atoms with Crippen LogP contribution < -0.4 is 19.3 Å². The Morgan fingerprint density at radius 3 is 1.66 bits per heavy atom. The maximum atomic E-state index is 6.70. The van der Waals surface area contributed by atoms with Crippen LogP contribution in [0, 0.1) is 0 Å². The van der Waals surface area contributed by atoms with Crippen molar-refractivity contribution in [3.05, 3.63) is 121 Å². The molecule has 0 spiro atoms. The number of hydrogen-bond acceptors (Lipinski definition) is 3. The molecule has 5 rings (SSSR count). The van der Waals surface area contributed by atoms with Gasteiger partial charge in [-0.05, 0) is 0 Å². The van der Waals surface area contributed by atoms with E-state index in [1.54, 1.807) is 5.30 Å². The van der Waals surface area contributed by atoms with Gasteiger partial charge in [0.1, 0.15) is 0 Å². The molecule has 1 saturated carbocycles. The second-order valence-corrected chi connectivity index (χ2v) is 18.1. The molecule has 4 aromatic rings. The van der Waals surface area contributed by atoms with Crippen molar-refractivity contribution in [3.63, 3.8) is 0 Å². The summed E-state index contributed by atoms with van der Waals surface area (Å²) in [6.45, 7) is 4.88. The molecule has 1 unspecified atom stereocenters. The first-order valence-corrected chi connectivity index (χ1v) is 18.1. The monoisotopic (exact) mass is 566 g/mol. The van der Waals surface area contributed by atoms with Crippen molar-refractivity contribution < 1.29 is 14.0 Å². The summed E-state index contributed by atoms with van der Waals surface area (Å²) in [6, 6.07) is 39.6. The second kappa shape index (κ2) is 13.2. The Bertz CT molecular complexity index is 1310. The molecular weight excluding hydrogens is 522 g/mol. The zero-order valence-corrected chi connectivity index (χ0v) is 25.7. The molecular formula is C36H44BO3P. The Balaban J connectivity index is 1.58. The predicted octanol–water partition coefficient (Wildman–Crippen LogP) is 9.52. The summed E-state index contributed by atoms with van der Waals surface area (Å²) in [5.41, 5.74) is 2.29. The minimum atomic E-state index is -2.53. The van der Waals surface area contributed by atoms with Gasteiger partial charge < -0.3 is 0 Å². The van der Waals surface area contributed by atoms with E-state index in [0.29, 0.717) is 22.8 Å². The van der Waals surface area contributed by atoms with Gasteiger partial charge in [0, 0.05) is 0 Å². The molecule has 0 amide bonds. The summed E-state index contributed by atoms with van der Waals surface area (Å²) in [5.74, 6) is 2.24. The first-order chi connectivity index (χ1) is 20.1. The Kier molecular flexibility index (Phi) is 9.41. The van der Waals surface area contributed by atoms with Gasteiger partial charge in [0.2, 0.25) is 0 Å². The number of rotatable bonds is 12. The van der Waals surface area contributed by atoms with E-state index in [1.807, 2.05) is 60.7 Å². The van der Waals surface area contributed by atoms with Crippen molar-refractivity contribution in [3.8, 4) is 17.2 Å². The zero-order chi connectivity index (χ0) is 28.6. The molecule has 1 aliphatic carbocycles. The SMILES string of the molecule is CCP(CC)(c1ccccc1)(C1CCCCC1)C(C)c1ccccc1OB(Oc1ccccc1)Oc1ccccc1. The third-order valence-electron chi connectivity index (χ3n) is 9.91. The third-order valence-corrected chi connectivity index (χ3v) is 19.1. The van der Waals surface area contributed by atoms with Gasteiger partial charge >= 0.3 is 248 Å². The van der Waals surface area contributed by atoms with Crippen molar-refractivity contribution in [2.24, 2.45) is 0 Å². The van der Waals surface area contributed by atoms with Crippen LogP contribution in [-0.2, 0) is 0 Å². The van der Waals surface area contributed by atoms with E-state index in [0.717, 1.165) is 5.75 Å². The van der Waals surface area contributed by atoms with Gasteiger partial charge in [0.15, 0.2) is 0 Å². The summed E-state index contributed by atoms with van der Waals surface area (Å²) in [5, 5.41) is 1.58. The van der Waals surface area contributed by atoms with Crippen LogP contribution in [0.15, 0.2) is 115 Å². The first kappa shape index (κ1) is 29.3. The average Bonchev–Trinajstić information content (AvgIpc) is 3.04. The number of benzene rings is 4. The number of para-hydroxylation sites is 3. The van der Waals surface area contributed by atoms with Gasteiger partial charge in [-0.15, -0.1) is 0 Å². The van der Waals surface area contributed by atoms with Gasteiger partial charge in [0.05, 0.1) is 0 Å². The van der Waals surface area contributed by atoms with Crippen LogP contribution in [0.5, 0.6) is 17.2 Å². The third kappa shape index (κ3) is 5.77. The van der Waals surface area contributed by atoms with Crippen LogP contribution in [0.1, 0.15) is 64.1 Å². The van der Waals surface area contributed by atoms with Crippen LogP contribution in [0.3, 0.4) is 0 Å². The van der Waals surface area contributed by atoms with Crippen LogP contribution >= 0.6 is 6.60 Å². The number of hydrogen-bond donors (Lipinski definition) is 0. The fraction of sp³-hybridized carbons (Fsp3) is 0.333. The van der Waals surface area contributed by atoms with Crippen LogP contribution in [0.2, 0.25) is 0 Å². The van der Waals surface area contributed by atoms with Crippen molar-refractivity contribution in [1.82, 2.24) is 0 Å². The predicted molar refractivity (Wildman–Crippen MR) is 176 cm³/mol. The summed E-state index contributed by atoms with van der Waals surface area (Å²) < 4.78 is 19.3. The zero-order valence-electron chi connectivity index (χ0n) is 24.8. The fourth-order valence-corrected chi connectivity index (χ4v) is 15.9. The molecule has 214 valence electrons. The summed E-state index contributed by atoms with van der Waals surface area (Å²) in [7, 11) is -0.936. The van der Waals surface area contributed by atoms with E-state index in [1.165, 1.54) is 50.0 Å². The average molecular weight is 567 g/mol. The van der Waals surface area contributed by atoms with Gasteiger partial charge in [-0.1, -0.05) is 0 Å². The van der Waals surface area contributed by atoms with E-state index < -0.39 is 13.9 Å². The molecule has 0 N–H and O–H groups in total. The standard InChI is InChI=1S/C36H44BO3P/c1-4-41(5-2,33-24-14-8-15-25-33,34-26-16-9-17-27-34)30(3)35-28-18-19-29-36(35)40-37(38-31-20-10-6-11-21-31)39-32-22-12-7-13-23-32/h6-8,10-15,18-25,28-30,34H,4-5,9,16-17,26-27H2,1-3H3. The Morgan fingerprint density at radius 1 is 0.634 bits per heavy atom. The topological polar surface area (TPSA) is 27.7 Å². The first-order valence-electron chi connectivity index (χ1n) is 15.3. The molecule has 1 atom stereocenters. The van der Waals surface area contributed by atoms with Crippen LogP contribution in [0.25, 0.3) is 0 Å². The molecule has 3 nitrogen and oxygen atoms in total. The van der Waals surface area contributed by atoms with Gasteiger partial charge in [0.25, 0.3) is 0 Å². The van der Waals surface area contributed by atoms with E-state index in [2.05, 4.69) is 75.4 Å². The fourth-order valence-electron chi connectivity index (χ4n) is 7.61. The van der Waals surface area contributed by atoms with Crippen LogP contribution in [-0.4, -0.2) is 25.3 Å². The van der Waals surface area contributed by atoms with E-state index in [4.69, 9.17) is 14.0 Å². The van der Waals surface area contributed by atoms with Gasteiger partial charge in [-0.25, -0.2) is 0 Å². The maximum absolute atomic E-state index is 6.70. The van der Waals surface area contributed by atoms with Crippen molar-refractivity contribution in [2.75, 3.05) is 12.3 Å². The molecule has 0 bridgehead atoms. The quantitative estimate of drug-likeness (QED) is 0.126. The van der Waals surface area contributed by atoms with Crippen molar-refractivity contribution in [2.45, 2.75) is 64.2 Å². The molecule has 0 aliphatic heterocycles. The summed E-state index contributed by atoms with van der Waals surface area (Å²) >= 11 is 0. The van der Waals surface area contributed by atoms with Crippen molar-refractivity contribution in [1.29, 1.82) is 0 Å². The van der Waals surface area contributed by atoms with Crippen molar-refractivity contribution >= 4 is 19.2 Å². The van der Waals surface area contributed by atoms with E-state index in [-0.39, 0.29) is 0 Å². The van der Waals surface area contributed by atoms with E-state index in [9.17, 15) is 0 Å². The molecule has 0 radical (unpaired) electrons. The Morgan fingerprint density at radius 2 is 1.12 bits per heavy atom. The second-order valence-electron chi connectivity index (χ2n) is 11.4. The Hall–Kier alpha value is -3.23. The van der Waals surface area contributed by atoms with Gasteiger partial charge in [-0.3, -0.25) is 0 Å². The molecule has 4 aromatic carbocycles. The molecule has 1 aliphatic rings. The Labute approximate surface area is 247 Å².